The van der Waals surface area contributed by atoms with Crippen LogP contribution in [0, 0.1) is 0 Å². The lowest BCUT2D eigenvalue weighted by molar-refractivity contribution is 0.513. The van der Waals surface area contributed by atoms with E-state index in [9.17, 15) is 0 Å². The average molecular weight is 276 g/mol. The summed E-state index contributed by atoms with van der Waals surface area (Å²) in [6.07, 6.45) is 5.08. The Kier molecular flexibility index (Phi) is 5.42. The fourth-order valence-corrected chi connectivity index (χ4v) is 2.56. The number of nitrogens with zero attached hydrogens (tertiary/aromatic N) is 3. The molecule has 1 atom stereocenters. The molecule has 0 saturated heterocycles. The van der Waals surface area contributed by atoms with Gasteiger partial charge in [0.2, 0.25) is 0 Å². The SMILES string of the molecule is CCNC(CCSC)c1cnnn1-c1ccccc1. The molecule has 19 heavy (non-hydrogen) atoms. The van der Waals surface area contributed by atoms with Crippen LogP contribution in [0.25, 0.3) is 5.69 Å². The summed E-state index contributed by atoms with van der Waals surface area (Å²) in [6, 6.07) is 10.4. The van der Waals surface area contributed by atoms with Crippen molar-refractivity contribution in [2.24, 2.45) is 0 Å². The largest absolute Gasteiger partial charge is 0.309 e. The molecule has 0 radical (unpaired) electrons. The third-order valence-corrected chi connectivity index (χ3v) is 3.64. The van der Waals surface area contributed by atoms with Crippen molar-refractivity contribution >= 4 is 11.8 Å². The number of para-hydroxylation sites is 1. The van der Waals surface area contributed by atoms with Crippen LogP contribution in [0.3, 0.4) is 0 Å². The number of aromatic nitrogens is 3. The Morgan fingerprint density at radius 1 is 1.32 bits per heavy atom. The van der Waals surface area contributed by atoms with E-state index >= 15 is 0 Å². The molecule has 5 heteroatoms. The highest BCUT2D eigenvalue weighted by Crippen LogP contribution is 2.20. The number of hydrogen-bond donors (Lipinski definition) is 1. The molecule has 0 aliphatic rings. The van der Waals surface area contributed by atoms with Crippen LogP contribution in [0.1, 0.15) is 25.1 Å². The maximum atomic E-state index is 4.22. The van der Waals surface area contributed by atoms with E-state index in [-0.39, 0.29) is 0 Å². The van der Waals surface area contributed by atoms with E-state index in [1.165, 1.54) is 0 Å². The molecule has 1 heterocycles. The van der Waals surface area contributed by atoms with Crippen molar-refractivity contribution < 1.29 is 0 Å². The van der Waals surface area contributed by atoms with Crippen LogP contribution >= 0.6 is 11.8 Å². The predicted molar refractivity (Wildman–Crippen MR) is 80.8 cm³/mol. The molecule has 0 spiro atoms. The summed E-state index contributed by atoms with van der Waals surface area (Å²) in [6.45, 7) is 3.07. The van der Waals surface area contributed by atoms with E-state index < -0.39 is 0 Å². The molecule has 1 aromatic carbocycles. The van der Waals surface area contributed by atoms with Crippen molar-refractivity contribution in [2.75, 3.05) is 18.6 Å². The monoisotopic (exact) mass is 276 g/mol. The van der Waals surface area contributed by atoms with Gasteiger partial charge < -0.3 is 5.32 Å². The molecule has 0 aliphatic carbocycles. The zero-order valence-corrected chi connectivity index (χ0v) is 12.2. The highest BCUT2D eigenvalue weighted by molar-refractivity contribution is 7.98. The van der Waals surface area contributed by atoms with Gasteiger partial charge in [-0.1, -0.05) is 30.3 Å². The molecule has 0 saturated carbocycles. The Labute approximate surface area is 118 Å². The molecule has 102 valence electrons. The number of benzene rings is 1. The molecule has 1 N–H and O–H groups in total. The summed E-state index contributed by atoms with van der Waals surface area (Å²) in [5.74, 6) is 1.12. The molecule has 0 amide bonds. The topological polar surface area (TPSA) is 42.7 Å². The fourth-order valence-electron chi connectivity index (χ4n) is 2.09. The Hall–Kier alpha value is -1.33. The van der Waals surface area contributed by atoms with Crippen molar-refractivity contribution in [1.29, 1.82) is 0 Å². The summed E-state index contributed by atoms with van der Waals surface area (Å²) < 4.78 is 1.92. The summed E-state index contributed by atoms with van der Waals surface area (Å²) in [5, 5.41) is 11.8. The van der Waals surface area contributed by atoms with E-state index in [4.69, 9.17) is 0 Å². The normalized spacial score (nSPS) is 12.5. The minimum atomic E-state index is 0.299. The highest BCUT2D eigenvalue weighted by Gasteiger charge is 2.16. The molecular weight excluding hydrogens is 256 g/mol. The maximum absolute atomic E-state index is 4.22. The lowest BCUT2D eigenvalue weighted by Gasteiger charge is -2.18. The number of rotatable bonds is 7. The Morgan fingerprint density at radius 3 is 2.79 bits per heavy atom. The highest BCUT2D eigenvalue weighted by atomic mass is 32.2. The van der Waals surface area contributed by atoms with Gasteiger partial charge in [-0.3, -0.25) is 0 Å². The Balaban J connectivity index is 2.26. The van der Waals surface area contributed by atoms with Gasteiger partial charge in [0.1, 0.15) is 0 Å². The van der Waals surface area contributed by atoms with Crippen molar-refractivity contribution in [2.45, 2.75) is 19.4 Å². The standard InChI is InChI=1S/C14H20N4S/c1-3-15-13(9-10-19-2)14-11-16-17-18(14)12-7-5-4-6-8-12/h4-8,11,13,15H,3,9-10H2,1-2H3. The van der Waals surface area contributed by atoms with Gasteiger partial charge in [0.15, 0.2) is 0 Å². The van der Waals surface area contributed by atoms with Crippen LogP contribution in [0.15, 0.2) is 36.5 Å². The van der Waals surface area contributed by atoms with Crippen molar-refractivity contribution in [1.82, 2.24) is 20.3 Å². The first-order chi connectivity index (χ1) is 9.36. The molecule has 2 aromatic rings. The van der Waals surface area contributed by atoms with Crippen LogP contribution < -0.4 is 5.32 Å². The summed E-state index contributed by atoms with van der Waals surface area (Å²) in [4.78, 5) is 0. The average Bonchev–Trinajstić information content (AvgIpc) is 2.93. The second-order valence-electron chi connectivity index (χ2n) is 4.30. The quantitative estimate of drug-likeness (QED) is 0.844. The molecule has 0 fully saturated rings. The van der Waals surface area contributed by atoms with E-state index in [0.29, 0.717) is 6.04 Å². The zero-order valence-electron chi connectivity index (χ0n) is 11.4. The number of nitrogens with one attached hydrogen (secondary N) is 1. The molecule has 2 rings (SSSR count). The van der Waals surface area contributed by atoms with Crippen LogP contribution in [-0.2, 0) is 0 Å². The van der Waals surface area contributed by atoms with Gasteiger partial charge in [0.05, 0.1) is 23.6 Å². The van der Waals surface area contributed by atoms with Gasteiger partial charge in [0.25, 0.3) is 0 Å². The molecule has 1 unspecified atom stereocenters. The van der Waals surface area contributed by atoms with Gasteiger partial charge >= 0.3 is 0 Å². The molecular formula is C14H20N4S. The molecule has 4 nitrogen and oxygen atoms in total. The van der Waals surface area contributed by atoms with Crippen LogP contribution in [0.5, 0.6) is 0 Å². The summed E-state index contributed by atoms with van der Waals surface area (Å²) >= 11 is 1.86. The van der Waals surface area contributed by atoms with Crippen molar-refractivity contribution in [3.8, 4) is 5.69 Å². The second-order valence-corrected chi connectivity index (χ2v) is 5.28. The first-order valence-corrected chi connectivity index (χ1v) is 7.94. The minimum Gasteiger partial charge on any atom is -0.309 e. The molecule has 0 aliphatic heterocycles. The molecule has 1 aromatic heterocycles. The number of thioether (sulfide) groups is 1. The van der Waals surface area contributed by atoms with Gasteiger partial charge in [-0.15, -0.1) is 5.10 Å². The van der Waals surface area contributed by atoms with E-state index in [1.807, 2.05) is 40.8 Å². The number of hydrogen-bond acceptors (Lipinski definition) is 4. The van der Waals surface area contributed by atoms with Gasteiger partial charge in [-0.25, -0.2) is 4.68 Å². The smallest absolute Gasteiger partial charge is 0.0815 e. The predicted octanol–water partition coefficient (Wildman–Crippen LogP) is 2.67. The molecule has 0 bridgehead atoms. The van der Waals surface area contributed by atoms with Crippen LogP contribution in [0.2, 0.25) is 0 Å². The van der Waals surface area contributed by atoms with Crippen LogP contribution in [-0.4, -0.2) is 33.5 Å². The summed E-state index contributed by atoms with van der Waals surface area (Å²) in [7, 11) is 0. The third-order valence-electron chi connectivity index (χ3n) is 2.99. The van der Waals surface area contributed by atoms with E-state index in [1.54, 1.807) is 0 Å². The Bertz CT molecular complexity index is 483. The first kappa shape index (κ1) is 14.1. The van der Waals surface area contributed by atoms with E-state index in [0.717, 1.165) is 30.1 Å². The van der Waals surface area contributed by atoms with Gasteiger partial charge in [-0.2, -0.15) is 11.8 Å². The maximum Gasteiger partial charge on any atom is 0.0815 e. The van der Waals surface area contributed by atoms with Gasteiger partial charge in [0, 0.05) is 0 Å². The zero-order chi connectivity index (χ0) is 13.5. The minimum absolute atomic E-state index is 0.299. The van der Waals surface area contributed by atoms with Crippen molar-refractivity contribution in [3.05, 3.63) is 42.2 Å². The third kappa shape index (κ3) is 3.58. The second kappa shape index (κ2) is 7.31. The Morgan fingerprint density at radius 2 is 2.11 bits per heavy atom. The lowest BCUT2D eigenvalue weighted by Crippen LogP contribution is -2.24. The lowest BCUT2D eigenvalue weighted by atomic mass is 10.1. The summed E-state index contributed by atoms with van der Waals surface area (Å²) in [5.41, 5.74) is 2.18. The van der Waals surface area contributed by atoms with Crippen molar-refractivity contribution in [3.63, 3.8) is 0 Å². The fraction of sp³-hybridized carbons (Fsp3) is 0.429. The van der Waals surface area contributed by atoms with Gasteiger partial charge in [-0.05, 0) is 37.1 Å². The van der Waals surface area contributed by atoms with Crippen LogP contribution in [0.4, 0.5) is 0 Å². The first-order valence-electron chi connectivity index (χ1n) is 6.55. The van der Waals surface area contributed by atoms with E-state index in [2.05, 4.69) is 40.9 Å².